The first-order valence-electron chi connectivity index (χ1n) is 6.63. The zero-order valence-corrected chi connectivity index (χ0v) is 13.3. The third kappa shape index (κ3) is 2.67. The van der Waals surface area contributed by atoms with Gasteiger partial charge in [-0.15, -0.1) is 5.10 Å². The molecule has 2 heterocycles. The third-order valence-electron chi connectivity index (χ3n) is 3.13. The topological polar surface area (TPSA) is 69.9 Å². The number of carbonyl (C=O) groups excluding carboxylic acids is 1. The Morgan fingerprint density at radius 2 is 2.18 bits per heavy atom. The minimum absolute atomic E-state index is 0.232. The normalized spacial score (nSPS) is 17.9. The molecule has 0 saturated heterocycles. The van der Waals surface area contributed by atoms with Crippen LogP contribution < -0.4 is 0 Å². The molecule has 6 nitrogen and oxygen atoms in total. The molecular formula is C14H12N4O2S2. The van der Waals surface area contributed by atoms with E-state index >= 15 is 0 Å². The van der Waals surface area contributed by atoms with Gasteiger partial charge < -0.3 is 4.74 Å². The Morgan fingerprint density at radius 1 is 1.41 bits per heavy atom. The van der Waals surface area contributed by atoms with Gasteiger partial charge in [0.25, 0.3) is 0 Å². The lowest BCUT2D eigenvalue weighted by molar-refractivity contribution is -0.137. The summed E-state index contributed by atoms with van der Waals surface area (Å²) in [5.74, 6) is -0.636. The van der Waals surface area contributed by atoms with Crippen molar-refractivity contribution in [2.75, 3.05) is 6.61 Å². The first-order chi connectivity index (χ1) is 10.7. The number of thiocarbonyl (C=S) groups is 1. The number of thioether (sulfide) groups is 1. The van der Waals surface area contributed by atoms with Crippen molar-refractivity contribution in [3.63, 3.8) is 0 Å². The van der Waals surface area contributed by atoms with Crippen LogP contribution in [0.1, 0.15) is 18.4 Å². The van der Waals surface area contributed by atoms with Gasteiger partial charge in [0, 0.05) is 0 Å². The molecule has 0 spiro atoms. The highest BCUT2D eigenvalue weighted by Gasteiger charge is 2.38. The summed E-state index contributed by atoms with van der Waals surface area (Å²) in [7, 11) is 0. The molecule has 0 bridgehead atoms. The average Bonchev–Trinajstić information content (AvgIpc) is 3.15. The molecule has 0 saturated carbocycles. The van der Waals surface area contributed by atoms with Gasteiger partial charge in [0.2, 0.25) is 0 Å². The van der Waals surface area contributed by atoms with Gasteiger partial charge in [-0.3, -0.25) is 0 Å². The first kappa shape index (κ1) is 14.9. The van der Waals surface area contributed by atoms with E-state index in [0.29, 0.717) is 21.4 Å². The molecular weight excluding hydrogens is 320 g/mol. The van der Waals surface area contributed by atoms with Crippen LogP contribution in [0, 0.1) is 0 Å². The summed E-state index contributed by atoms with van der Waals surface area (Å²) in [6.45, 7) is 2.07. The smallest absolute Gasteiger partial charge is 0.346 e. The molecule has 0 fully saturated rings. The lowest BCUT2D eigenvalue weighted by Gasteiger charge is -2.14. The second-order valence-electron chi connectivity index (χ2n) is 4.45. The van der Waals surface area contributed by atoms with E-state index in [9.17, 15) is 4.79 Å². The number of tetrazole rings is 1. The van der Waals surface area contributed by atoms with Crippen LogP contribution in [0.15, 0.2) is 41.6 Å². The summed E-state index contributed by atoms with van der Waals surface area (Å²) in [5.41, 5.74) is 1.63. The van der Waals surface area contributed by atoms with Crippen LogP contribution in [0.5, 0.6) is 0 Å². The quantitative estimate of drug-likeness (QED) is 0.628. The van der Waals surface area contributed by atoms with Crippen molar-refractivity contribution in [1.29, 1.82) is 0 Å². The van der Waals surface area contributed by atoms with Gasteiger partial charge in [0.05, 0.1) is 22.4 Å². The summed E-state index contributed by atoms with van der Waals surface area (Å²) in [5, 5.41) is 11.2. The highest BCUT2D eigenvalue weighted by atomic mass is 32.2. The number of nitrogens with zero attached hydrogens (tertiary/aromatic N) is 4. The van der Waals surface area contributed by atoms with Gasteiger partial charge in [-0.25, -0.2) is 9.48 Å². The molecule has 1 aromatic heterocycles. The van der Waals surface area contributed by atoms with Gasteiger partial charge in [-0.2, -0.15) is 0 Å². The molecule has 2 aromatic rings. The van der Waals surface area contributed by atoms with Crippen molar-refractivity contribution in [1.82, 2.24) is 20.2 Å². The maximum absolute atomic E-state index is 12.2. The number of hydrogen-bond acceptors (Lipinski definition) is 7. The molecule has 0 N–H and O–H groups in total. The Kier molecular flexibility index (Phi) is 4.30. The fourth-order valence-electron chi connectivity index (χ4n) is 2.24. The molecule has 0 aliphatic carbocycles. The SMILES string of the molecule is CCOC(=O)C1=C(n2cnnn2)[C@@H](c2ccccc2)C(=S)S1. The van der Waals surface area contributed by atoms with E-state index < -0.39 is 5.97 Å². The van der Waals surface area contributed by atoms with Crippen LogP contribution in [0.2, 0.25) is 0 Å². The number of ether oxygens (including phenoxy) is 1. The van der Waals surface area contributed by atoms with Gasteiger partial charge in [-0.05, 0) is 22.9 Å². The maximum atomic E-state index is 12.2. The van der Waals surface area contributed by atoms with Crippen LogP contribution in [0.4, 0.5) is 0 Å². The van der Waals surface area contributed by atoms with Crippen molar-refractivity contribution in [2.24, 2.45) is 0 Å². The van der Waals surface area contributed by atoms with E-state index in [1.807, 2.05) is 30.3 Å². The van der Waals surface area contributed by atoms with Gasteiger partial charge in [0.15, 0.2) is 0 Å². The second kappa shape index (κ2) is 6.37. The van der Waals surface area contributed by atoms with Crippen molar-refractivity contribution >= 4 is 39.8 Å². The van der Waals surface area contributed by atoms with E-state index in [0.717, 1.165) is 5.56 Å². The maximum Gasteiger partial charge on any atom is 0.346 e. The first-order valence-corrected chi connectivity index (χ1v) is 7.86. The largest absolute Gasteiger partial charge is 0.462 e. The zero-order chi connectivity index (χ0) is 15.5. The molecule has 0 unspecified atom stereocenters. The van der Waals surface area contributed by atoms with Gasteiger partial charge >= 0.3 is 5.97 Å². The summed E-state index contributed by atoms with van der Waals surface area (Å²) < 4.78 is 7.29. The number of hydrogen-bond donors (Lipinski definition) is 0. The Bertz CT molecular complexity index is 729. The fraction of sp³-hybridized carbons (Fsp3) is 0.214. The Morgan fingerprint density at radius 3 is 2.82 bits per heavy atom. The van der Waals surface area contributed by atoms with Crippen LogP contribution in [-0.2, 0) is 9.53 Å². The molecule has 112 valence electrons. The molecule has 22 heavy (non-hydrogen) atoms. The standard InChI is InChI=1S/C14H12N4O2S2/c1-2-20-13(19)12-11(18-8-15-16-17-18)10(14(21)22-12)9-6-4-3-5-7-9/h3-8,10H,2H2,1H3/t10-/m1/s1. The van der Waals surface area contributed by atoms with Crippen molar-refractivity contribution in [2.45, 2.75) is 12.8 Å². The second-order valence-corrected chi connectivity index (χ2v) is 6.20. The summed E-state index contributed by atoms with van der Waals surface area (Å²) in [6.07, 6.45) is 1.46. The van der Waals surface area contributed by atoms with Crippen molar-refractivity contribution < 1.29 is 9.53 Å². The Balaban J connectivity index is 2.12. The van der Waals surface area contributed by atoms with Crippen LogP contribution in [0.25, 0.3) is 5.70 Å². The number of esters is 1. The Hall–Kier alpha value is -2.06. The van der Waals surface area contributed by atoms with Gasteiger partial charge in [0.1, 0.15) is 11.2 Å². The minimum Gasteiger partial charge on any atom is -0.462 e. The molecule has 8 heteroatoms. The third-order valence-corrected chi connectivity index (χ3v) is 4.64. The Labute approximate surface area is 136 Å². The van der Waals surface area contributed by atoms with Crippen LogP contribution in [-0.4, -0.2) is 37.0 Å². The number of benzene rings is 1. The predicted molar refractivity (Wildman–Crippen MR) is 87.0 cm³/mol. The lowest BCUT2D eigenvalue weighted by atomic mass is 9.97. The molecule has 0 amide bonds. The molecule has 0 radical (unpaired) electrons. The fourth-order valence-corrected chi connectivity index (χ4v) is 3.77. The van der Waals surface area contributed by atoms with E-state index in [2.05, 4.69) is 15.5 Å². The zero-order valence-electron chi connectivity index (χ0n) is 11.7. The molecule has 3 rings (SSSR count). The minimum atomic E-state index is -0.404. The van der Waals surface area contributed by atoms with E-state index in [1.165, 1.54) is 22.8 Å². The number of carbonyl (C=O) groups is 1. The monoisotopic (exact) mass is 332 g/mol. The molecule has 1 aliphatic heterocycles. The van der Waals surface area contributed by atoms with Crippen molar-refractivity contribution in [3.05, 3.63) is 47.1 Å². The molecule has 1 aliphatic rings. The molecule has 1 atom stereocenters. The van der Waals surface area contributed by atoms with Crippen LogP contribution >= 0.6 is 24.0 Å². The van der Waals surface area contributed by atoms with Gasteiger partial charge in [-0.1, -0.05) is 54.3 Å². The number of rotatable bonds is 4. The average molecular weight is 332 g/mol. The predicted octanol–water partition coefficient (Wildman–Crippen LogP) is 2.26. The van der Waals surface area contributed by atoms with E-state index in [-0.39, 0.29) is 5.92 Å². The summed E-state index contributed by atoms with van der Waals surface area (Å²) in [6, 6.07) is 9.73. The van der Waals surface area contributed by atoms with Crippen molar-refractivity contribution in [3.8, 4) is 0 Å². The highest BCUT2D eigenvalue weighted by Crippen LogP contribution is 2.46. The molecule has 1 aromatic carbocycles. The van der Waals surface area contributed by atoms with Crippen LogP contribution in [0.3, 0.4) is 0 Å². The summed E-state index contributed by atoms with van der Waals surface area (Å²) in [4.78, 5) is 12.7. The van der Waals surface area contributed by atoms with E-state index in [1.54, 1.807) is 6.92 Å². The lowest BCUT2D eigenvalue weighted by Crippen LogP contribution is -2.13. The highest BCUT2D eigenvalue weighted by molar-refractivity contribution is 8.26. The summed E-state index contributed by atoms with van der Waals surface area (Å²) >= 11 is 6.73. The number of aromatic nitrogens is 4. The van der Waals surface area contributed by atoms with E-state index in [4.69, 9.17) is 17.0 Å². The number of allylic oxidation sites excluding steroid dienone is 1.